The van der Waals surface area contributed by atoms with E-state index in [1.165, 1.54) is 0 Å². The second-order valence-corrected chi connectivity index (χ2v) is 0. The van der Waals surface area contributed by atoms with E-state index < -0.39 is 0 Å². The van der Waals surface area contributed by atoms with E-state index in [1.807, 2.05) is 0 Å². The standard InChI is InChI=1S/4CH3.2Au.2ClH/h4*1H3;;;2*1H/q4*-1;2*+1;;/p-2. The van der Waals surface area contributed by atoms with Crippen molar-refractivity contribution in [3.05, 3.63) is 29.7 Å². The molecule has 0 amide bonds. The molecule has 0 saturated carbocycles. The van der Waals surface area contributed by atoms with Crippen LogP contribution in [-0.2, 0) is 40.0 Å². The summed E-state index contributed by atoms with van der Waals surface area (Å²) in [5.74, 6) is 0. The van der Waals surface area contributed by atoms with Gasteiger partial charge in [0.05, 0.1) is 0 Å². The Kier molecular flexibility index (Phi) is 868. The summed E-state index contributed by atoms with van der Waals surface area (Å²) in [4.78, 5) is 0. The van der Waals surface area contributed by atoms with Crippen molar-refractivity contribution >= 4 is 18.4 Å². The van der Waals surface area contributed by atoms with Gasteiger partial charge in [0.1, 0.15) is 0 Å². The predicted octanol–water partition coefficient (Wildman–Crippen LogP) is 3.18. The summed E-state index contributed by atoms with van der Waals surface area (Å²) in [6.45, 7) is 0. The molecule has 0 aromatic rings. The van der Waals surface area contributed by atoms with Gasteiger partial charge in [-0.25, -0.2) is 0 Å². The van der Waals surface area contributed by atoms with Crippen molar-refractivity contribution in [3.63, 3.8) is 0 Å². The minimum atomic E-state index is 0. The van der Waals surface area contributed by atoms with Crippen LogP contribution in [0.3, 0.4) is 0 Å². The van der Waals surface area contributed by atoms with Crippen LogP contribution >= 0.6 is 18.4 Å². The van der Waals surface area contributed by atoms with Crippen LogP contribution in [-0.4, -0.2) is 0 Å². The van der Waals surface area contributed by atoms with E-state index in [1.54, 1.807) is 40.0 Å². The summed E-state index contributed by atoms with van der Waals surface area (Å²) in [6.07, 6.45) is 0. The molecular weight excluding hydrogens is 513 g/mol. The first-order valence-corrected chi connectivity index (χ1v) is 5.60. The van der Waals surface area contributed by atoms with Crippen LogP contribution in [0, 0.1) is 29.7 Å². The molecule has 0 rings (SSSR count). The molecule has 0 heterocycles. The average molecular weight is 525 g/mol. The summed E-state index contributed by atoms with van der Waals surface area (Å²) in [6, 6.07) is 0. The molecule has 0 aliphatic carbocycles. The number of halogens is 2. The molecule has 0 aliphatic rings. The Labute approximate surface area is 87.2 Å². The van der Waals surface area contributed by atoms with Crippen molar-refractivity contribution in [2.75, 3.05) is 0 Å². The van der Waals surface area contributed by atoms with Gasteiger partial charge in [0.25, 0.3) is 0 Å². The minimum absolute atomic E-state index is 0. The van der Waals surface area contributed by atoms with Crippen LogP contribution in [0.5, 0.6) is 0 Å². The Morgan fingerprint density at radius 3 is 0.500 bits per heavy atom. The number of hydrogen-bond acceptors (Lipinski definition) is 0. The van der Waals surface area contributed by atoms with Crippen LogP contribution in [0.15, 0.2) is 0 Å². The van der Waals surface area contributed by atoms with E-state index in [-0.39, 0.29) is 29.7 Å². The van der Waals surface area contributed by atoms with Crippen LogP contribution in [0.4, 0.5) is 0 Å². The topological polar surface area (TPSA) is 0 Å². The van der Waals surface area contributed by atoms with Gasteiger partial charge < -0.3 is 29.7 Å². The molecule has 68 valence electrons. The van der Waals surface area contributed by atoms with Gasteiger partial charge in [0.15, 0.2) is 0 Å². The third kappa shape index (κ3) is 94.6. The van der Waals surface area contributed by atoms with E-state index in [4.69, 9.17) is 0 Å². The zero-order valence-corrected chi connectivity index (χ0v) is 11.2. The quantitative estimate of drug-likeness (QED) is 0.337. The fourth-order valence-corrected chi connectivity index (χ4v) is 0. The van der Waals surface area contributed by atoms with Crippen molar-refractivity contribution in [1.29, 1.82) is 0 Å². The number of rotatable bonds is 0. The summed E-state index contributed by atoms with van der Waals surface area (Å²) in [5.41, 5.74) is 0. The summed E-state index contributed by atoms with van der Waals surface area (Å²) < 4.78 is 0. The molecule has 0 aliphatic heterocycles. The van der Waals surface area contributed by atoms with Gasteiger partial charge in [-0.3, -0.25) is 0 Å². The van der Waals surface area contributed by atoms with Crippen LogP contribution in [0.25, 0.3) is 0 Å². The van der Waals surface area contributed by atoms with E-state index in [2.05, 4.69) is 18.4 Å². The van der Waals surface area contributed by atoms with Gasteiger partial charge in [0.2, 0.25) is 0 Å². The van der Waals surface area contributed by atoms with Gasteiger partial charge >= 0.3 is 58.4 Å². The molecule has 0 aromatic heterocycles. The van der Waals surface area contributed by atoms with Crippen molar-refractivity contribution in [2.45, 2.75) is 0 Å². The zero-order chi connectivity index (χ0) is 4.00. The van der Waals surface area contributed by atoms with Gasteiger partial charge in [-0.15, -0.1) is 0 Å². The number of hydrogen-bond donors (Lipinski definition) is 0. The molecule has 8 heavy (non-hydrogen) atoms. The normalized spacial score (nSPS) is 1.75. The fraction of sp³-hybridized carbons (Fsp3) is 0. The van der Waals surface area contributed by atoms with E-state index in [0.717, 1.165) is 0 Å². The summed E-state index contributed by atoms with van der Waals surface area (Å²) >= 11 is 3.50. The Hall–Kier alpha value is 2.06. The maximum absolute atomic E-state index is 4.58. The first kappa shape index (κ1) is 50.1. The van der Waals surface area contributed by atoms with Gasteiger partial charge in [-0.2, -0.15) is 0 Å². The zero-order valence-electron chi connectivity index (χ0n) is 5.36. The van der Waals surface area contributed by atoms with E-state index in [9.17, 15) is 0 Å². The molecule has 0 radical (unpaired) electrons. The molecule has 4 heteroatoms. The van der Waals surface area contributed by atoms with Crippen molar-refractivity contribution in [3.8, 4) is 0 Å². The second-order valence-electron chi connectivity index (χ2n) is 0. The molecule has 0 bridgehead atoms. The van der Waals surface area contributed by atoms with Crippen molar-refractivity contribution < 1.29 is 40.0 Å². The first-order valence-electron chi connectivity index (χ1n) is 0.228. The molecule has 0 unspecified atom stereocenters. The van der Waals surface area contributed by atoms with Gasteiger partial charge in [0, 0.05) is 0 Å². The first-order chi connectivity index (χ1) is 2.00. The third-order valence-electron chi connectivity index (χ3n) is 0. The van der Waals surface area contributed by atoms with Crippen molar-refractivity contribution in [2.24, 2.45) is 0 Å². The molecular formula is C4H12Au2Cl2-4. The van der Waals surface area contributed by atoms with Crippen LogP contribution in [0.2, 0.25) is 0 Å². The maximum atomic E-state index is 4.58. The predicted molar refractivity (Wildman–Crippen MR) is 37.4 cm³/mol. The molecule has 0 saturated heterocycles. The summed E-state index contributed by atoms with van der Waals surface area (Å²) in [7, 11) is 9.17. The van der Waals surface area contributed by atoms with E-state index >= 15 is 0 Å². The molecule has 0 N–H and O–H groups in total. The molecule has 0 nitrogen and oxygen atoms in total. The Bertz CT molecular complexity index is 12.0. The Balaban J connectivity index is -0.00000000167. The summed E-state index contributed by atoms with van der Waals surface area (Å²) in [5, 5.41) is 0. The third-order valence-corrected chi connectivity index (χ3v) is 0. The monoisotopic (exact) mass is 524 g/mol. The van der Waals surface area contributed by atoms with Crippen LogP contribution in [0.1, 0.15) is 0 Å². The molecule has 0 fully saturated rings. The second kappa shape index (κ2) is 139. The molecule has 0 atom stereocenters. The van der Waals surface area contributed by atoms with Gasteiger partial charge in [-0.05, 0) is 0 Å². The molecule has 0 aromatic carbocycles. The van der Waals surface area contributed by atoms with E-state index in [0.29, 0.717) is 0 Å². The Morgan fingerprint density at radius 2 is 0.500 bits per heavy atom. The average Bonchev–Trinajstić information content (AvgIpc) is 1.50. The fourth-order valence-electron chi connectivity index (χ4n) is 0. The SMILES string of the molecule is [CH3-].[CH3-].[CH3-].[CH3-].[Cl][Au].[Cl][Au]. The van der Waals surface area contributed by atoms with Crippen LogP contribution < -0.4 is 0 Å². The molecule has 0 spiro atoms. The van der Waals surface area contributed by atoms with Gasteiger partial charge in [-0.1, -0.05) is 0 Å². The van der Waals surface area contributed by atoms with Crippen molar-refractivity contribution in [1.82, 2.24) is 0 Å². The Morgan fingerprint density at radius 1 is 0.500 bits per heavy atom.